The third-order valence-electron chi connectivity index (χ3n) is 3.57. The summed E-state index contributed by atoms with van der Waals surface area (Å²) in [6.45, 7) is 2.61. The molecule has 3 aromatic heterocycles. The molecule has 0 fully saturated rings. The van der Waals surface area contributed by atoms with Crippen molar-refractivity contribution in [3.05, 3.63) is 65.4 Å². The maximum atomic E-state index is 12.3. The molecule has 0 atom stereocenters. The largest absolute Gasteiger partial charge is 0.463 e. The van der Waals surface area contributed by atoms with Gasteiger partial charge < -0.3 is 14.7 Å². The summed E-state index contributed by atoms with van der Waals surface area (Å²) in [6.07, 6.45) is 9.89. The molecule has 0 saturated carbocycles. The maximum Gasteiger partial charge on any atom is 0.251 e. The number of pyridine rings is 1. The van der Waals surface area contributed by atoms with E-state index in [-0.39, 0.29) is 11.5 Å². The fourth-order valence-corrected chi connectivity index (χ4v) is 2.39. The van der Waals surface area contributed by atoms with Gasteiger partial charge in [0.15, 0.2) is 5.76 Å². The highest BCUT2D eigenvalue weighted by Crippen LogP contribution is 2.29. The molecule has 0 aliphatic rings. The second-order valence-electron chi connectivity index (χ2n) is 5.25. The molecule has 0 saturated heterocycles. The summed E-state index contributed by atoms with van der Waals surface area (Å²) in [4.78, 5) is 20.6. The van der Waals surface area contributed by atoms with Crippen LogP contribution in [0.5, 0.6) is 0 Å². The average Bonchev–Trinajstić information content (AvgIpc) is 3.11. The van der Waals surface area contributed by atoms with Gasteiger partial charge in [-0.3, -0.25) is 4.79 Å². The minimum Gasteiger partial charge on any atom is -0.463 e. The van der Waals surface area contributed by atoms with Gasteiger partial charge in [0.2, 0.25) is 5.95 Å². The smallest absolute Gasteiger partial charge is 0.251 e. The van der Waals surface area contributed by atoms with Crippen molar-refractivity contribution >= 4 is 5.95 Å². The van der Waals surface area contributed by atoms with Gasteiger partial charge in [0.1, 0.15) is 5.69 Å². The van der Waals surface area contributed by atoms with E-state index < -0.39 is 0 Å². The van der Waals surface area contributed by atoms with Gasteiger partial charge in [0.05, 0.1) is 6.26 Å². The predicted molar refractivity (Wildman–Crippen MR) is 93.3 cm³/mol. The second kappa shape index (κ2) is 6.95. The van der Waals surface area contributed by atoms with E-state index in [1.165, 1.54) is 0 Å². The van der Waals surface area contributed by atoms with E-state index in [9.17, 15) is 4.79 Å². The molecule has 0 bridgehead atoms. The molecule has 3 rings (SSSR count). The van der Waals surface area contributed by atoms with Crippen molar-refractivity contribution in [2.75, 3.05) is 5.73 Å². The monoisotopic (exact) mass is 322 g/mol. The number of anilines is 1. The Morgan fingerprint density at radius 1 is 1.33 bits per heavy atom. The quantitative estimate of drug-likeness (QED) is 0.729. The van der Waals surface area contributed by atoms with Gasteiger partial charge in [-0.15, -0.1) is 0 Å². The number of aromatic nitrogens is 3. The first-order valence-corrected chi connectivity index (χ1v) is 7.71. The Balaban J connectivity index is 2.02. The lowest BCUT2D eigenvalue weighted by Gasteiger charge is -2.08. The first-order valence-electron chi connectivity index (χ1n) is 7.71. The second-order valence-corrected chi connectivity index (χ2v) is 5.25. The Morgan fingerprint density at radius 3 is 2.92 bits per heavy atom. The molecule has 0 aliphatic heterocycles. The summed E-state index contributed by atoms with van der Waals surface area (Å²) >= 11 is 0. The van der Waals surface area contributed by atoms with Crippen LogP contribution >= 0.6 is 0 Å². The topological polar surface area (TPSA) is 86.9 Å². The Bertz CT molecular complexity index is 911. The fraction of sp³-hybridized carbons (Fsp3) is 0.167. The molecule has 3 aromatic rings. The van der Waals surface area contributed by atoms with E-state index >= 15 is 0 Å². The molecule has 0 spiro atoms. The summed E-state index contributed by atoms with van der Waals surface area (Å²) in [5, 5.41) is 0. The summed E-state index contributed by atoms with van der Waals surface area (Å²) in [5.41, 5.74) is 7.60. The van der Waals surface area contributed by atoms with E-state index in [4.69, 9.17) is 10.2 Å². The number of nitrogens with zero attached hydrogens (tertiary/aromatic N) is 3. The van der Waals surface area contributed by atoms with Crippen molar-refractivity contribution in [2.45, 2.75) is 19.9 Å². The molecule has 6 nitrogen and oxygen atoms in total. The number of hydrogen-bond acceptors (Lipinski definition) is 5. The maximum absolute atomic E-state index is 12.3. The van der Waals surface area contributed by atoms with Crippen molar-refractivity contribution in [3.8, 4) is 22.6 Å². The first-order chi connectivity index (χ1) is 11.7. The van der Waals surface area contributed by atoms with Crippen LogP contribution in [0.25, 0.3) is 22.6 Å². The van der Waals surface area contributed by atoms with Crippen molar-refractivity contribution in [1.29, 1.82) is 0 Å². The van der Waals surface area contributed by atoms with Crippen LogP contribution in [0.1, 0.15) is 13.3 Å². The highest BCUT2D eigenvalue weighted by Gasteiger charge is 2.13. The SMILES string of the molecule is CCC=CCn1ccc(-c2cnc(N)nc2-c2ccco2)cc1=O. The number of furan rings is 1. The molecular weight excluding hydrogens is 304 g/mol. The predicted octanol–water partition coefficient (Wildman–Crippen LogP) is 3.11. The van der Waals surface area contributed by atoms with Gasteiger partial charge in [-0.25, -0.2) is 9.97 Å². The van der Waals surface area contributed by atoms with Crippen LogP contribution in [0.3, 0.4) is 0 Å². The van der Waals surface area contributed by atoms with Gasteiger partial charge in [-0.05, 0) is 30.2 Å². The van der Waals surface area contributed by atoms with Gasteiger partial charge in [-0.1, -0.05) is 19.1 Å². The van der Waals surface area contributed by atoms with Crippen LogP contribution < -0.4 is 11.3 Å². The Morgan fingerprint density at radius 2 is 2.21 bits per heavy atom. The van der Waals surface area contributed by atoms with Crippen molar-refractivity contribution < 1.29 is 4.42 Å². The van der Waals surface area contributed by atoms with Gasteiger partial charge >= 0.3 is 0 Å². The highest BCUT2D eigenvalue weighted by molar-refractivity contribution is 5.78. The van der Waals surface area contributed by atoms with E-state index in [1.807, 2.05) is 18.2 Å². The standard InChI is InChI=1S/C18H18N4O2/c1-2-3-4-8-22-9-7-13(11-16(22)23)14-12-20-18(19)21-17(14)15-6-5-10-24-15/h3-7,9-12H,2,8H2,1H3,(H2,19,20,21). The molecule has 2 N–H and O–H groups in total. The summed E-state index contributed by atoms with van der Waals surface area (Å²) < 4.78 is 7.06. The van der Waals surface area contributed by atoms with Gasteiger partial charge in [0.25, 0.3) is 5.56 Å². The number of nitrogens with two attached hydrogens (primary N) is 1. The van der Waals surface area contributed by atoms with Crippen molar-refractivity contribution in [3.63, 3.8) is 0 Å². The van der Waals surface area contributed by atoms with E-state index in [0.717, 1.165) is 12.0 Å². The minimum absolute atomic E-state index is 0.0875. The van der Waals surface area contributed by atoms with Gasteiger partial charge in [0, 0.05) is 30.6 Å². The number of nitrogen functional groups attached to an aromatic ring is 1. The fourth-order valence-electron chi connectivity index (χ4n) is 2.39. The normalized spacial score (nSPS) is 11.2. The molecule has 0 aliphatic carbocycles. The molecule has 6 heteroatoms. The summed E-state index contributed by atoms with van der Waals surface area (Å²) in [7, 11) is 0. The Labute approximate surface area is 139 Å². The minimum atomic E-state index is -0.0875. The molecule has 24 heavy (non-hydrogen) atoms. The van der Waals surface area contributed by atoms with E-state index in [1.54, 1.807) is 41.4 Å². The van der Waals surface area contributed by atoms with Crippen LogP contribution in [0.2, 0.25) is 0 Å². The zero-order valence-electron chi connectivity index (χ0n) is 13.3. The first kappa shape index (κ1) is 15.7. The van der Waals surface area contributed by atoms with Gasteiger partial charge in [-0.2, -0.15) is 0 Å². The lowest BCUT2D eigenvalue weighted by atomic mass is 10.1. The van der Waals surface area contributed by atoms with E-state index in [2.05, 4.69) is 16.9 Å². The van der Waals surface area contributed by atoms with Crippen LogP contribution in [0, 0.1) is 0 Å². The number of rotatable bonds is 5. The number of allylic oxidation sites excluding steroid dienone is 2. The summed E-state index contributed by atoms with van der Waals surface area (Å²) in [5.74, 6) is 0.734. The van der Waals surface area contributed by atoms with E-state index in [0.29, 0.717) is 23.6 Å². The van der Waals surface area contributed by atoms with Crippen molar-refractivity contribution in [2.24, 2.45) is 0 Å². The Kier molecular flexibility index (Phi) is 4.56. The molecule has 0 unspecified atom stereocenters. The van der Waals surface area contributed by atoms with Crippen LogP contribution in [-0.2, 0) is 6.54 Å². The molecule has 122 valence electrons. The molecule has 3 heterocycles. The molecular formula is C18H18N4O2. The molecule has 0 radical (unpaired) electrons. The lowest BCUT2D eigenvalue weighted by molar-refractivity contribution is 0.580. The molecule has 0 aromatic carbocycles. The van der Waals surface area contributed by atoms with Crippen LogP contribution in [0.15, 0.2) is 64.3 Å². The average molecular weight is 322 g/mol. The zero-order chi connectivity index (χ0) is 16.9. The molecule has 0 amide bonds. The summed E-state index contributed by atoms with van der Waals surface area (Å²) in [6, 6.07) is 7.00. The van der Waals surface area contributed by atoms with Crippen LogP contribution in [-0.4, -0.2) is 14.5 Å². The zero-order valence-corrected chi connectivity index (χ0v) is 13.3. The van der Waals surface area contributed by atoms with Crippen molar-refractivity contribution in [1.82, 2.24) is 14.5 Å². The number of hydrogen-bond donors (Lipinski definition) is 1. The Hall–Kier alpha value is -3.15. The lowest BCUT2D eigenvalue weighted by Crippen LogP contribution is -2.17. The highest BCUT2D eigenvalue weighted by atomic mass is 16.3. The third kappa shape index (κ3) is 3.27. The van der Waals surface area contributed by atoms with Crippen LogP contribution in [0.4, 0.5) is 5.95 Å². The third-order valence-corrected chi connectivity index (χ3v) is 3.57.